The molecule has 0 radical (unpaired) electrons. The summed E-state index contributed by atoms with van der Waals surface area (Å²) in [6.07, 6.45) is 8.16. The molecule has 6 heteroatoms. The Hall–Kier alpha value is -0.810. The lowest BCUT2D eigenvalue weighted by Gasteiger charge is -2.27. The molecular weight excluding hydrogens is 278 g/mol. The van der Waals surface area contributed by atoms with Crippen LogP contribution in [0.25, 0.3) is 0 Å². The Labute approximate surface area is 127 Å². The van der Waals surface area contributed by atoms with Crippen LogP contribution in [-0.2, 0) is 9.59 Å². The van der Waals surface area contributed by atoms with Crippen molar-refractivity contribution in [3.05, 3.63) is 0 Å². The van der Waals surface area contributed by atoms with Gasteiger partial charge in [0.1, 0.15) is 0 Å². The number of primary amides is 1. The molecule has 2 unspecified atom stereocenters. The van der Waals surface area contributed by atoms with E-state index in [2.05, 4.69) is 5.32 Å². The van der Waals surface area contributed by atoms with E-state index in [9.17, 15) is 9.59 Å². The van der Waals surface area contributed by atoms with E-state index in [-0.39, 0.29) is 36.2 Å². The highest BCUT2D eigenvalue weighted by atomic mass is 35.5. The second-order valence-corrected chi connectivity index (χ2v) is 5.48. The minimum absolute atomic E-state index is 0. The number of amides is 2. The summed E-state index contributed by atoms with van der Waals surface area (Å²) in [4.78, 5) is 22.9. The summed E-state index contributed by atoms with van der Waals surface area (Å²) in [7, 11) is 0. The van der Waals surface area contributed by atoms with Crippen LogP contribution < -0.4 is 16.8 Å². The van der Waals surface area contributed by atoms with Crippen molar-refractivity contribution in [2.75, 3.05) is 6.54 Å². The van der Waals surface area contributed by atoms with Crippen molar-refractivity contribution in [3.63, 3.8) is 0 Å². The summed E-state index contributed by atoms with van der Waals surface area (Å²) in [6.45, 7) is 0.725. The van der Waals surface area contributed by atoms with Gasteiger partial charge in [0.05, 0.1) is 0 Å². The molecule has 1 rings (SSSR count). The Balaban J connectivity index is 0.00000361. The third-order valence-corrected chi connectivity index (χ3v) is 3.80. The first-order chi connectivity index (χ1) is 9.13. The van der Waals surface area contributed by atoms with Gasteiger partial charge in [0.15, 0.2) is 0 Å². The standard InChI is InChI=1S/C14H27N3O2.ClH/c15-9-4-2-1-3-8-13(18)17-12-7-5-6-11(10-12)14(16)19;/h11-12H,1-10,15H2,(H2,16,19)(H,17,18);1H. The highest BCUT2D eigenvalue weighted by molar-refractivity contribution is 5.85. The average molecular weight is 306 g/mol. The molecule has 0 spiro atoms. The molecule has 0 bridgehead atoms. The lowest BCUT2D eigenvalue weighted by atomic mass is 9.85. The van der Waals surface area contributed by atoms with Gasteiger partial charge in [0.2, 0.25) is 11.8 Å². The zero-order valence-corrected chi connectivity index (χ0v) is 12.9. The maximum absolute atomic E-state index is 11.8. The Bertz CT molecular complexity index is 300. The molecule has 2 atom stereocenters. The summed E-state index contributed by atoms with van der Waals surface area (Å²) in [5.74, 6) is -0.202. The Morgan fingerprint density at radius 2 is 1.80 bits per heavy atom. The third-order valence-electron chi connectivity index (χ3n) is 3.80. The summed E-state index contributed by atoms with van der Waals surface area (Å²) in [5.41, 5.74) is 10.7. The van der Waals surface area contributed by atoms with Crippen molar-refractivity contribution in [2.24, 2.45) is 17.4 Å². The molecule has 5 N–H and O–H groups in total. The molecule has 1 aliphatic rings. The van der Waals surface area contributed by atoms with E-state index in [4.69, 9.17) is 11.5 Å². The van der Waals surface area contributed by atoms with Crippen molar-refractivity contribution in [3.8, 4) is 0 Å². The van der Waals surface area contributed by atoms with Gasteiger partial charge in [-0.2, -0.15) is 0 Å². The normalized spacial score (nSPS) is 21.9. The van der Waals surface area contributed by atoms with Crippen LogP contribution in [0.15, 0.2) is 0 Å². The largest absolute Gasteiger partial charge is 0.369 e. The summed E-state index contributed by atoms with van der Waals surface area (Å²) in [5, 5.41) is 3.02. The van der Waals surface area contributed by atoms with E-state index in [0.29, 0.717) is 12.8 Å². The molecule has 1 aliphatic carbocycles. The molecule has 0 aromatic rings. The van der Waals surface area contributed by atoms with Gasteiger partial charge in [-0.3, -0.25) is 9.59 Å². The second kappa shape index (κ2) is 10.9. The molecule has 118 valence electrons. The van der Waals surface area contributed by atoms with E-state index in [1.54, 1.807) is 0 Å². The molecule has 0 aromatic carbocycles. The second-order valence-electron chi connectivity index (χ2n) is 5.48. The molecule has 0 heterocycles. The lowest BCUT2D eigenvalue weighted by Crippen LogP contribution is -2.41. The van der Waals surface area contributed by atoms with Crippen LogP contribution in [0, 0.1) is 5.92 Å². The van der Waals surface area contributed by atoms with Crippen molar-refractivity contribution < 1.29 is 9.59 Å². The summed E-state index contributed by atoms with van der Waals surface area (Å²) < 4.78 is 0. The van der Waals surface area contributed by atoms with Crippen LogP contribution in [0.3, 0.4) is 0 Å². The monoisotopic (exact) mass is 305 g/mol. The smallest absolute Gasteiger partial charge is 0.220 e. The lowest BCUT2D eigenvalue weighted by molar-refractivity contribution is -0.125. The van der Waals surface area contributed by atoms with Gasteiger partial charge in [-0.25, -0.2) is 0 Å². The number of hydrogen-bond acceptors (Lipinski definition) is 3. The molecular formula is C14H28ClN3O2. The zero-order valence-electron chi connectivity index (χ0n) is 12.1. The van der Waals surface area contributed by atoms with Crippen molar-refractivity contribution in [2.45, 2.75) is 63.8 Å². The maximum Gasteiger partial charge on any atom is 0.220 e. The minimum Gasteiger partial charge on any atom is -0.369 e. The van der Waals surface area contributed by atoms with Gasteiger partial charge in [-0.1, -0.05) is 19.3 Å². The van der Waals surface area contributed by atoms with Crippen molar-refractivity contribution in [1.29, 1.82) is 0 Å². The van der Waals surface area contributed by atoms with Gasteiger partial charge >= 0.3 is 0 Å². The predicted molar refractivity (Wildman–Crippen MR) is 82.5 cm³/mol. The van der Waals surface area contributed by atoms with E-state index < -0.39 is 0 Å². The molecule has 0 aromatic heterocycles. The summed E-state index contributed by atoms with van der Waals surface area (Å²) in [6, 6.07) is 0.128. The van der Waals surface area contributed by atoms with Crippen LogP contribution in [0.5, 0.6) is 0 Å². The fourth-order valence-electron chi connectivity index (χ4n) is 2.66. The van der Waals surface area contributed by atoms with Crippen LogP contribution in [0.2, 0.25) is 0 Å². The van der Waals surface area contributed by atoms with Crippen LogP contribution >= 0.6 is 12.4 Å². The predicted octanol–water partition coefficient (Wildman–Crippen LogP) is 1.48. The average Bonchev–Trinajstić information content (AvgIpc) is 2.38. The highest BCUT2D eigenvalue weighted by Gasteiger charge is 2.26. The van der Waals surface area contributed by atoms with Gasteiger partial charge in [-0.15, -0.1) is 12.4 Å². The Kier molecular flexibility index (Phi) is 10.5. The zero-order chi connectivity index (χ0) is 14.1. The third kappa shape index (κ3) is 7.70. The number of carbonyl (C=O) groups is 2. The number of nitrogens with one attached hydrogen (secondary N) is 1. The Morgan fingerprint density at radius 1 is 1.10 bits per heavy atom. The fraction of sp³-hybridized carbons (Fsp3) is 0.857. The first kappa shape index (κ1) is 19.2. The molecule has 1 fully saturated rings. The molecule has 2 amide bonds. The highest BCUT2D eigenvalue weighted by Crippen LogP contribution is 2.24. The SMILES string of the molecule is Cl.NCCCCCCC(=O)NC1CCCC(C(N)=O)C1. The number of halogens is 1. The first-order valence-electron chi connectivity index (χ1n) is 7.42. The van der Waals surface area contributed by atoms with Crippen molar-refractivity contribution in [1.82, 2.24) is 5.32 Å². The quantitative estimate of drug-likeness (QED) is 0.592. The molecule has 0 saturated heterocycles. The van der Waals surface area contributed by atoms with Crippen LogP contribution in [0.1, 0.15) is 57.8 Å². The van der Waals surface area contributed by atoms with E-state index in [1.165, 1.54) is 0 Å². The Morgan fingerprint density at radius 3 is 2.45 bits per heavy atom. The summed E-state index contributed by atoms with van der Waals surface area (Å²) >= 11 is 0. The van der Waals surface area contributed by atoms with Crippen LogP contribution in [-0.4, -0.2) is 24.4 Å². The van der Waals surface area contributed by atoms with Crippen molar-refractivity contribution >= 4 is 24.2 Å². The van der Waals surface area contributed by atoms with E-state index in [1.807, 2.05) is 0 Å². The molecule has 20 heavy (non-hydrogen) atoms. The number of nitrogens with two attached hydrogens (primary N) is 2. The van der Waals surface area contributed by atoms with E-state index >= 15 is 0 Å². The van der Waals surface area contributed by atoms with E-state index in [0.717, 1.165) is 51.5 Å². The molecule has 1 saturated carbocycles. The topological polar surface area (TPSA) is 98.2 Å². The van der Waals surface area contributed by atoms with Crippen LogP contribution in [0.4, 0.5) is 0 Å². The minimum atomic E-state index is -0.235. The maximum atomic E-state index is 11.8. The number of carbonyl (C=O) groups excluding carboxylic acids is 2. The molecule has 5 nitrogen and oxygen atoms in total. The number of rotatable bonds is 8. The first-order valence-corrected chi connectivity index (χ1v) is 7.42. The fourth-order valence-corrected chi connectivity index (χ4v) is 2.66. The van der Waals surface area contributed by atoms with Gasteiger partial charge < -0.3 is 16.8 Å². The van der Waals surface area contributed by atoms with Gasteiger partial charge in [0, 0.05) is 18.4 Å². The van der Waals surface area contributed by atoms with Gasteiger partial charge in [-0.05, 0) is 38.6 Å². The number of unbranched alkanes of at least 4 members (excludes halogenated alkanes) is 3. The van der Waals surface area contributed by atoms with Gasteiger partial charge in [0.25, 0.3) is 0 Å². The number of hydrogen-bond donors (Lipinski definition) is 3. The molecule has 0 aliphatic heterocycles.